The van der Waals surface area contributed by atoms with Crippen LogP contribution in [0.4, 0.5) is 0 Å². The molecule has 1 aliphatic carbocycles. The lowest BCUT2D eigenvalue weighted by Gasteiger charge is -2.33. The van der Waals surface area contributed by atoms with Crippen LogP contribution < -0.4 is 16.4 Å². The van der Waals surface area contributed by atoms with E-state index in [-0.39, 0.29) is 6.54 Å². The molecule has 18 heavy (non-hydrogen) atoms. The van der Waals surface area contributed by atoms with E-state index in [0.717, 1.165) is 13.0 Å². The first kappa shape index (κ1) is 13.8. The lowest BCUT2D eigenvalue weighted by Crippen LogP contribution is -2.49. The van der Waals surface area contributed by atoms with Crippen LogP contribution in [0.25, 0.3) is 0 Å². The Morgan fingerprint density at radius 1 is 1.33 bits per heavy atom. The van der Waals surface area contributed by atoms with Crippen molar-refractivity contribution in [2.45, 2.75) is 56.7 Å². The Labute approximate surface area is 109 Å². The lowest BCUT2D eigenvalue weighted by molar-refractivity contribution is -0.125. The first-order chi connectivity index (χ1) is 8.68. The maximum absolute atomic E-state index is 10.8. The van der Waals surface area contributed by atoms with Gasteiger partial charge in [0.05, 0.1) is 0 Å². The number of primary amides is 1. The average Bonchev–Trinajstić information content (AvgIpc) is 2.85. The smallest absolute Gasteiger partial charge is 0.247 e. The molecule has 1 amide bonds. The third-order valence-corrected chi connectivity index (χ3v) is 4.34. The van der Waals surface area contributed by atoms with Gasteiger partial charge in [0.15, 0.2) is 0 Å². The van der Waals surface area contributed by atoms with Crippen molar-refractivity contribution in [2.75, 3.05) is 13.1 Å². The second kappa shape index (κ2) is 6.50. The quantitative estimate of drug-likeness (QED) is 0.545. The summed E-state index contributed by atoms with van der Waals surface area (Å²) in [5.74, 6) is -0.0155. The summed E-state index contributed by atoms with van der Waals surface area (Å²) in [6, 6.07) is 1.01. The fraction of sp³-hybridized carbons (Fsp3) is 0.923. The molecule has 2 fully saturated rings. The predicted molar refractivity (Wildman–Crippen MR) is 70.0 cm³/mol. The zero-order valence-electron chi connectivity index (χ0n) is 10.9. The Kier molecular flexibility index (Phi) is 4.97. The Bertz CT molecular complexity index is 279. The zero-order chi connectivity index (χ0) is 13.0. The van der Waals surface area contributed by atoms with E-state index in [1.165, 1.54) is 32.1 Å². The Hall–Kier alpha value is -0.650. The van der Waals surface area contributed by atoms with Gasteiger partial charge in [-0.25, -0.2) is 0 Å². The molecular formula is C13H25N3O2. The van der Waals surface area contributed by atoms with Gasteiger partial charge in [-0.2, -0.15) is 0 Å². The Morgan fingerprint density at radius 2 is 2.17 bits per heavy atom. The number of rotatable bonds is 5. The number of aliphatic hydroxyl groups is 1. The molecule has 2 aliphatic rings. The van der Waals surface area contributed by atoms with Gasteiger partial charge in [0.2, 0.25) is 5.91 Å². The molecule has 5 N–H and O–H groups in total. The summed E-state index contributed by atoms with van der Waals surface area (Å²) < 4.78 is 0. The molecule has 1 saturated carbocycles. The molecule has 0 bridgehead atoms. The summed E-state index contributed by atoms with van der Waals surface area (Å²) in [6.07, 6.45) is 6.38. The number of aliphatic hydroxyl groups excluding tert-OH is 1. The van der Waals surface area contributed by atoms with Crippen molar-refractivity contribution >= 4 is 5.91 Å². The minimum Gasteiger partial charge on any atom is -0.382 e. The molecule has 1 saturated heterocycles. The predicted octanol–water partition coefficient (Wildman–Crippen LogP) is -0.267. The van der Waals surface area contributed by atoms with E-state index in [9.17, 15) is 9.90 Å². The van der Waals surface area contributed by atoms with Gasteiger partial charge in [0.25, 0.3) is 0 Å². The van der Waals surface area contributed by atoms with Gasteiger partial charge in [0.1, 0.15) is 6.10 Å². The van der Waals surface area contributed by atoms with Crippen LogP contribution in [0.2, 0.25) is 0 Å². The number of carbonyl (C=O) groups excluding carboxylic acids is 1. The maximum atomic E-state index is 10.8. The summed E-state index contributed by atoms with van der Waals surface area (Å²) in [5.41, 5.74) is 5.06. The van der Waals surface area contributed by atoms with Crippen LogP contribution in [0.3, 0.4) is 0 Å². The van der Waals surface area contributed by atoms with Crippen LogP contribution in [-0.4, -0.2) is 42.3 Å². The highest BCUT2D eigenvalue weighted by molar-refractivity contribution is 5.78. The standard InChI is InChI=1S/C13H25N3O2/c14-13(18)12(17)8-16-11-6-3-4-9(11)10-5-1-2-7-15-10/h9-12,15-17H,1-8H2,(H2,14,18). The van der Waals surface area contributed by atoms with E-state index in [1.54, 1.807) is 0 Å². The van der Waals surface area contributed by atoms with E-state index in [4.69, 9.17) is 5.73 Å². The molecular weight excluding hydrogens is 230 g/mol. The molecule has 4 atom stereocenters. The summed E-state index contributed by atoms with van der Waals surface area (Å²) in [4.78, 5) is 10.8. The molecule has 0 aromatic carbocycles. The molecule has 0 spiro atoms. The second-order valence-corrected chi connectivity index (χ2v) is 5.58. The molecule has 4 unspecified atom stereocenters. The number of amides is 1. The summed E-state index contributed by atoms with van der Waals surface area (Å²) in [5, 5.41) is 16.4. The highest BCUT2D eigenvalue weighted by atomic mass is 16.3. The van der Waals surface area contributed by atoms with E-state index in [2.05, 4.69) is 10.6 Å². The number of nitrogens with one attached hydrogen (secondary N) is 2. The lowest BCUT2D eigenvalue weighted by atomic mass is 9.88. The van der Waals surface area contributed by atoms with Crippen LogP contribution in [0.5, 0.6) is 0 Å². The van der Waals surface area contributed by atoms with E-state index >= 15 is 0 Å². The van der Waals surface area contributed by atoms with Crippen molar-refractivity contribution < 1.29 is 9.90 Å². The molecule has 5 nitrogen and oxygen atoms in total. The van der Waals surface area contributed by atoms with E-state index in [0.29, 0.717) is 18.0 Å². The van der Waals surface area contributed by atoms with Gasteiger partial charge in [-0.05, 0) is 38.1 Å². The molecule has 0 radical (unpaired) electrons. The SMILES string of the molecule is NC(=O)C(O)CNC1CCCC1C1CCCCN1. The van der Waals surface area contributed by atoms with Crippen molar-refractivity contribution in [2.24, 2.45) is 11.7 Å². The van der Waals surface area contributed by atoms with Gasteiger partial charge in [0, 0.05) is 18.6 Å². The minimum absolute atomic E-state index is 0.281. The van der Waals surface area contributed by atoms with Crippen LogP contribution in [-0.2, 0) is 4.79 Å². The average molecular weight is 255 g/mol. The minimum atomic E-state index is -1.06. The molecule has 104 valence electrons. The van der Waals surface area contributed by atoms with Crippen LogP contribution >= 0.6 is 0 Å². The fourth-order valence-corrected chi connectivity index (χ4v) is 3.33. The fourth-order valence-electron chi connectivity index (χ4n) is 3.33. The van der Waals surface area contributed by atoms with Gasteiger partial charge >= 0.3 is 0 Å². The number of hydrogen-bond donors (Lipinski definition) is 4. The number of hydrogen-bond acceptors (Lipinski definition) is 4. The summed E-state index contributed by atoms with van der Waals surface area (Å²) in [6.45, 7) is 1.40. The normalized spacial score (nSPS) is 34.4. The van der Waals surface area contributed by atoms with Gasteiger partial charge in [-0.15, -0.1) is 0 Å². The van der Waals surface area contributed by atoms with Crippen molar-refractivity contribution in [1.82, 2.24) is 10.6 Å². The molecule has 2 rings (SSSR count). The highest BCUT2D eigenvalue weighted by Gasteiger charge is 2.34. The zero-order valence-corrected chi connectivity index (χ0v) is 10.9. The van der Waals surface area contributed by atoms with Crippen LogP contribution in [0, 0.1) is 5.92 Å². The Balaban J connectivity index is 1.81. The Morgan fingerprint density at radius 3 is 2.83 bits per heavy atom. The topological polar surface area (TPSA) is 87.4 Å². The van der Waals surface area contributed by atoms with Crippen molar-refractivity contribution in [1.29, 1.82) is 0 Å². The number of carbonyl (C=O) groups is 1. The van der Waals surface area contributed by atoms with Crippen molar-refractivity contribution in [3.8, 4) is 0 Å². The molecule has 1 aliphatic heterocycles. The van der Waals surface area contributed by atoms with Crippen LogP contribution in [0.15, 0.2) is 0 Å². The first-order valence-electron chi connectivity index (χ1n) is 7.12. The molecule has 1 heterocycles. The molecule has 0 aromatic rings. The third kappa shape index (κ3) is 3.43. The van der Waals surface area contributed by atoms with Gasteiger partial charge in [-0.1, -0.05) is 12.8 Å². The second-order valence-electron chi connectivity index (χ2n) is 5.58. The van der Waals surface area contributed by atoms with E-state index < -0.39 is 12.0 Å². The summed E-state index contributed by atoms with van der Waals surface area (Å²) >= 11 is 0. The first-order valence-corrected chi connectivity index (χ1v) is 7.12. The third-order valence-electron chi connectivity index (χ3n) is 4.34. The summed E-state index contributed by atoms with van der Waals surface area (Å²) in [7, 11) is 0. The molecule has 5 heteroatoms. The number of piperidine rings is 1. The number of nitrogens with two attached hydrogens (primary N) is 1. The van der Waals surface area contributed by atoms with Crippen molar-refractivity contribution in [3.63, 3.8) is 0 Å². The van der Waals surface area contributed by atoms with Crippen LogP contribution in [0.1, 0.15) is 38.5 Å². The van der Waals surface area contributed by atoms with Crippen molar-refractivity contribution in [3.05, 3.63) is 0 Å². The van der Waals surface area contributed by atoms with Gasteiger partial charge in [-0.3, -0.25) is 4.79 Å². The van der Waals surface area contributed by atoms with Gasteiger partial charge < -0.3 is 21.5 Å². The monoisotopic (exact) mass is 255 g/mol. The largest absolute Gasteiger partial charge is 0.382 e. The molecule has 0 aromatic heterocycles. The van der Waals surface area contributed by atoms with E-state index in [1.807, 2.05) is 0 Å². The highest BCUT2D eigenvalue weighted by Crippen LogP contribution is 2.31. The maximum Gasteiger partial charge on any atom is 0.247 e.